The van der Waals surface area contributed by atoms with Crippen LogP contribution >= 0.6 is 0 Å². The van der Waals surface area contributed by atoms with Crippen LogP contribution in [0.2, 0.25) is 0 Å². The topological polar surface area (TPSA) is 68.8 Å². The fourth-order valence-corrected chi connectivity index (χ4v) is 6.11. The van der Waals surface area contributed by atoms with E-state index in [4.69, 9.17) is 10.00 Å². The maximum Gasteiger partial charge on any atom is 0.0949 e. The lowest BCUT2D eigenvalue weighted by Gasteiger charge is -2.38. The van der Waals surface area contributed by atoms with Crippen LogP contribution in [0.15, 0.2) is 48.8 Å². The monoisotopic (exact) mass is 484 g/mol. The van der Waals surface area contributed by atoms with Gasteiger partial charge in [-0.05, 0) is 54.9 Å². The molecule has 3 fully saturated rings. The molecule has 1 N–H and O–H groups in total. The van der Waals surface area contributed by atoms with Crippen LogP contribution in [0.4, 0.5) is 5.69 Å². The molecule has 1 saturated carbocycles. The summed E-state index contributed by atoms with van der Waals surface area (Å²) in [7, 11) is 0. The van der Waals surface area contributed by atoms with Crippen molar-refractivity contribution >= 4 is 11.2 Å². The summed E-state index contributed by atoms with van der Waals surface area (Å²) < 4.78 is 7.92. The van der Waals surface area contributed by atoms with Crippen LogP contribution in [0.5, 0.6) is 0 Å². The zero-order chi connectivity index (χ0) is 24.3. The Labute approximate surface area is 213 Å². The number of rotatable bonds is 5. The first-order chi connectivity index (χ1) is 17.8. The summed E-state index contributed by atoms with van der Waals surface area (Å²) in [6.07, 6.45) is 8.79. The molecule has 1 atom stereocenters. The Morgan fingerprint density at radius 1 is 1.00 bits per heavy atom. The predicted molar refractivity (Wildman–Crippen MR) is 142 cm³/mol. The van der Waals surface area contributed by atoms with Gasteiger partial charge in [0.2, 0.25) is 0 Å². The molecule has 0 bridgehead atoms. The highest BCUT2D eigenvalue weighted by Crippen LogP contribution is 2.31. The molecule has 2 aliphatic heterocycles. The van der Waals surface area contributed by atoms with Gasteiger partial charge in [-0.2, -0.15) is 10.4 Å². The highest BCUT2D eigenvalue weighted by atomic mass is 16.5. The van der Waals surface area contributed by atoms with Gasteiger partial charge in [-0.15, -0.1) is 0 Å². The molecule has 1 aromatic carbocycles. The first-order valence-electron chi connectivity index (χ1n) is 13.5. The molecule has 4 heterocycles. The number of hydrogen-bond acceptors (Lipinski definition) is 6. The van der Waals surface area contributed by atoms with Crippen molar-refractivity contribution in [3.8, 4) is 17.2 Å². The molecule has 7 nitrogen and oxygen atoms in total. The number of nitrogens with one attached hydrogen (secondary N) is 1. The van der Waals surface area contributed by atoms with E-state index in [0.29, 0.717) is 5.92 Å². The minimum Gasteiger partial charge on any atom is -0.371 e. The quantitative estimate of drug-likeness (QED) is 0.588. The minimum absolute atomic E-state index is 0.139. The second-order valence-electron chi connectivity index (χ2n) is 10.6. The van der Waals surface area contributed by atoms with E-state index in [0.717, 1.165) is 64.6 Å². The molecule has 0 radical (unpaired) electrons. The fraction of sp³-hybridized carbons (Fsp3) is 0.517. The third kappa shape index (κ3) is 4.99. The Kier molecular flexibility index (Phi) is 6.91. The van der Waals surface area contributed by atoms with Crippen molar-refractivity contribution in [1.29, 1.82) is 5.26 Å². The Morgan fingerprint density at radius 3 is 2.53 bits per heavy atom. The lowest BCUT2D eigenvalue weighted by molar-refractivity contribution is 0.0277. The summed E-state index contributed by atoms with van der Waals surface area (Å²) in [4.78, 5) is 5.14. The van der Waals surface area contributed by atoms with Crippen LogP contribution in [0.3, 0.4) is 0 Å². The van der Waals surface area contributed by atoms with Gasteiger partial charge in [0.25, 0.3) is 0 Å². The number of anilines is 1. The van der Waals surface area contributed by atoms with E-state index in [2.05, 4.69) is 68.9 Å². The number of morpholine rings is 1. The van der Waals surface area contributed by atoms with Crippen molar-refractivity contribution in [2.75, 3.05) is 57.3 Å². The van der Waals surface area contributed by atoms with Crippen molar-refractivity contribution in [3.63, 3.8) is 0 Å². The summed E-state index contributed by atoms with van der Waals surface area (Å²) in [6, 6.07) is 15.7. The second kappa shape index (κ2) is 10.6. The van der Waals surface area contributed by atoms with Crippen LogP contribution in [0, 0.1) is 23.2 Å². The standard InChI is InChI=1S/C29H36N6O/c30-18-22-1-3-23(4-2-22)20-33-12-14-34(15-13-33)27-9-10-32-35-21-26(17-28(27)35)24-5-7-25(8-6-24)29-19-31-11-16-36-29/h5-10,17,21-23,29,31H,1-4,11-16,19-20H2. The van der Waals surface area contributed by atoms with Crippen molar-refractivity contribution in [3.05, 3.63) is 54.4 Å². The van der Waals surface area contributed by atoms with Crippen LogP contribution in [0.25, 0.3) is 16.6 Å². The number of nitrogens with zero attached hydrogens (tertiary/aromatic N) is 5. The number of benzene rings is 1. The van der Waals surface area contributed by atoms with Gasteiger partial charge in [0.1, 0.15) is 0 Å². The van der Waals surface area contributed by atoms with Gasteiger partial charge in [0.15, 0.2) is 0 Å². The molecule has 3 aromatic rings. The highest BCUT2D eigenvalue weighted by Gasteiger charge is 2.25. The predicted octanol–water partition coefficient (Wildman–Crippen LogP) is 4.11. The molecule has 1 unspecified atom stereocenters. The average Bonchev–Trinajstić information content (AvgIpc) is 3.39. The summed E-state index contributed by atoms with van der Waals surface area (Å²) in [5, 5.41) is 17.2. The SMILES string of the molecule is N#CC1CCC(CN2CCN(c3ccnn4cc(-c5ccc(C6CNCCO6)cc5)cc34)CC2)CC1. The van der Waals surface area contributed by atoms with Gasteiger partial charge < -0.3 is 15.0 Å². The van der Waals surface area contributed by atoms with E-state index >= 15 is 0 Å². The Hall–Kier alpha value is -2.92. The van der Waals surface area contributed by atoms with E-state index in [1.807, 2.05) is 10.7 Å². The van der Waals surface area contributed by atoms with Crippen molar-refractivity contribution in [2.24, 2.45) is 11.8 Å². The number of ether oxygens (including phenoxy) is 1. The van der Waals surface area contributed by atoms with Gasteiger partial charge in [-0.1, -0.05) is 24.3 Å². The normalized spacial score (nSPS) is 25.6. The van der Waals surface area contributed by atoms with E-state index in [1.54, 1.807) is 0 Å². The molecular weight excluding hydrogens is 448 g/mol. The zero-order valence-corrected chi connectivity index (χ0v) is 21.0. The summed E-state index contributed by atoms with van der Waals surface area (Å²) in [6.45, 7) is 8.03. The molecule has 2 aromatic heterocycles. The molecule has 6 rings (SSSR count). The molecule has 188 valence electrons. The number of fused-ring (bicyclic) bond motifs is 1. The number of piperazine rings is 1. The number of aromatic nitrogens is 2. The van der Waals surface area contributed by atoms with Gasteiger partial charge in [0.05, 0.1) is 30.0 Å². The van der Waals surface area contributed by atoms with Gasteiger partial charge in [0, 0.05) is 69.7 Å². The first-order valence-corrected chi connectivity index (χ1v) is 13.5. The van der Waals surface area contributed by atoms with Crippen LogP contribution in [-0.2, 0) is 4.74 Å². The molecule has 2 saturated heterocycles. The maximum atomic E-state index is 9.16. The Bertz CT molecular complexity index is 1190. The molecule has 7 heteroatoms. The van der Waals surface area contributed by atoms with Crippen molar-refractivity contribution in [2.45, 2.75) is 31.8 Å². The summed E-state index contributed by atoms with van der Waals surface area (Å²) in [5.41, 5.74) is 6.05. The van der Waals surface area contributed by atoms with E-state index in [9.17, 15) is 0 Å². The zero-order valence-electron chi connectivity index (χ0n) is 21.0. The average molecular weight is 485 g/mol. The molecule has 36 heavy (non-hydrogen) atoms. The number of hydrogen-bond donors (Lipinski definition) is 1. The van der Waals surface area contributed by atoms with E-state index < -0.39 is 0 Å². The molecule has 0 spiro atoms. The first kappa shape index (κ1) is 23.5. The third-order valence-electron chi connectivity index (χ3n) is 8.29. The minimum atomic E-state index is 0.139. The molecule has 1 aliphatic carbocycles. The Balaban J connectivity index is 1.11. The van der Waals surface area contributed by atoms with Gasteiger partial charge in [-0.25, -0.2) is 4.52 Å². The van der Waals surface area contributed by atoms with Gasteiger partial charge >= 0.3 is 0 Å². The lowest BCUT2D eigenvalue weighted by atomic mass is 9.82. The Morgan fingerprint density at radius 2 is 1.81 bits per heavy atom. The summed E-state index contributed by atoms with van der Waals surface area (Å²) >= 11 is 0. The molecule has 0 amide bonds. The van der Waals surface area contributed by atoms with E-state index in [1.165, 1.54) is 47.3 Å². The van der Waals surface area contributed by atoms with Gasteiger partial charge in [-0.3, -0.25) is 4.90 Å². The third-order valence-corrected chi connectivity index (χ3v) is 8.29. The molecular formula is C29H36N6O. The van der Waals surface area contributed by atoms with Crippen LogP contribution in [-0.4, -0.2) is 66.9 Å². The second-order valence-corrected chi connectivity index (χ2v) is 10.6. The summed E-state index contributed by atoms with van der Waals surface area (Å²) in [5.74, 6) is 1.05. The smallest absolute Gasteiger partial charge is 0.0949 e. The lowest BCUT2D eigenvalue weighted by Crippen LogP contribution is -2.48. The number of nitriles is 1. The van der Waals surface area contributed by atoms with Crippen LogP contribution < -0.4 is 10.2 Å². The van der Waals surface area contributed by atoms with Crippen LogP contribution in [0.1, 0.15) is 37.4 Å². The fourth-order valence-electron chi connectivity index (χ4n) is 6.11. The van der Waals surface area contributed by atoms with Crippen molar-refractivity contribution < 1.29 is 4.74 Å². The largest absolute Gasteiger partial charge is 0.371 e. The highest BCUT2D eigenvalue weighted by molar-refractivity contribution is 5.80. The molecule has 3 aliphatic rings. The maximum absolute atomic E-state index is 9.16. The van der Waals surface area contributed by atoms with Crippen molar-refractivity contribution in [1.82, 2.24) is 19.8 Å². The van der Waals surface area contributed by atoms with E-state index in [-0.39, 0.29) is 6.10 Å².